The van der Waals surface area contributed by atoms with Crippen molar-refractivity contribution < 1.29 is 0 Å². The molecule has 100 valence electrons. The second kappa shape index (κ2) is 5.28. The van der Waals surface area contributed by atoms with Crippen molar-refractivity contribution in [3.8, 4) is 0 Å². The molecule has 2 nitrogen and oxygen atoms in total. The zero-order valence-corrected chi connectivity index (χ0v) is 12.6. The van der Waals surface area contributed by atoms with Gasteiger partial charge in [-0.1, -0.05) is 30.1 Å². The summed E-state index contributed by atoms with van der Waals surface area (Å²) in [5, 5.41) is 5.09. The van der Waals surface area contributed by atoms with Crippen molar-refractivity contribution in [2.45, 2.75) is 38.8 Å². The maximum atomic E-state index is 6.32. The molecule has 1 fully saturated rings. The Hall–Kier alpha value is -0.440. The molecule has 1 heterocycles. The summed E-state index contributed by atoms with van der Waals surface area (Å²) in [5.41, 5.74) is 1.14. The molecule has 1 aliphatic rings. The molecule has 0 aliphatic carbocycles. The molecule has 1 aromatic rings. The van der Waals surface area contributed by atoms with Crippen LogP contribution in [0.3, 0.4) is 0 Å². The van der Waals surface area contributed by atoms with Gasteiger partial charge in [0.1, 0.15) is 0 Å². The van der Waals surface area contributed by atoms with Gasteiger partial charge in [0.05, 0.1) is 10.7 Å². The molecule has 0 amide bonds. The van der Waals surface area contributed by atoms with Gasteiger partial charge in [-0.15, -0.1) is 0 Å². The van der Waals surface area contributed by atoms with E-state index in [0.29, 0.717) is 6.04 Å². The average Bonchev–Trinajstić information content (AvgIpc) is 2.31. The van der Waals surface area contributed by atoms with Crippen molar-refractivity contribution in [2.75, 3.05) is 18.0 Å². The van der Waals surface area contributed by atoms with E-state index < -0.39 is 0 Å². The molecule has 0 saturated carbocycles. The van der Waals surface area contributed by atoms with Crippen molar-refractivity contribution in [3.05, 3.63) is 28.2 Å². The number of rotatable bonds is 2. The van der Waals surface area contributed by atoms with E-state index in [4.69, 9.17) is 23.2 Å². The van der Waals surface area contributed by atoms with E-state index in [0.717, 1.165) is 35.2 Å². The summed E-state index contributed by atoms with van der Waals surface area (Å²) in [5.74, 6) is 0. The molecule has 0 radical (unpaired) electrons. The highest BCUT2D eigenvalue weighted by molar-refractivity contribution is 6.35. The standard InChI is InChI=1S/C14H20Cl2N2/c1-4-11-8-17-14(2,3)9-18(11)13-7-10(15)5-6-12(13)16/h5-7,11,17H,4,8-9H2,1-3H3. The molecule has 1 aromatic carbocycles. The van der Waals surface area contributed by atoms with E-state index in [1.807, 2.05) is 18.2 Å². The highest BCUT2D eigenvalue weighted by Crippen LogP contribution is 2.33. The molecule has 1 atom stereocenters. The first kappa shape index (κ1) is 14.0. The first-order valence-corrected chi connectivity index (χ1v) is 7.15. The Balaban J connectivity index is 2.35. The molecule has 0 aromatic heterocycles. The lowest BCUT2D eigenvalue weighted by Gasteiger charge is -2.46. The van der Waals surface area contributed by atoms with Crippen LogP contribution in [0.1, 0.15) is 27.2 Å². The SMILES string of the molecule is CCC1CNC(C)(C)CN1c1cc(Cl)ccc1Cl. The minimum atomic E-state index is 0.0946. The Morgan fingerprint density at radius 3 is 2.78 bits per heavy atom. The van der Waals surface area contributed by atoms with Crippen LogP contribution in [0.5, 0.6) is 0 Å². The van der Waals surface area contributed by atoms with Crippen LogP contribution in [-0.2, 0) is 0 Å². The predicted molar refractivity (Wildman–Crippen MR) is 80.0 cm³/mol. The van der Waals surface area contributed by atoms with Crippen LogP contribution < -0.4 is 10.2 Å². The zero-order valence-electron chi connectivity index (χ0n) is 11.1. The molecule has 18 heavy (non-hydrogen) atoms. The number of hydrogen-bond acceptors (Lipinski definition) is 2. The number of benzene rings is 1. The van der Waals surface area contributed by atoms with E-state index >= 15 is 0 Å². The molecular formula is C14H20Cl2N2. The van der Waals surface area contributed by atoms with Gasteiger partial charge in [0.2, 0.25) is 0 Å². The third kappa shape index (κ3) is 2.93. The van der Waals surface area contributed by atoms with Crippen LogP contribution >= 0.6 is 23.2 Å². The highest BCUT2D eigenvalue weighted by Gasteiger charge is 2.32. The van der Waals surface area contributed by atoms with Gasteiger partial charge in [0.25, 0.3) is 0 Å². The minimum absolute atomic E-state index is 0.0946. The molecule has 0 spiro atoms. The number of nitrogens with one attached hydrogen (secondary N) is 1. The van der Waals surface area contributed by atoms with Gasteiger partial charge in [0.15, 0.2) is 0 Å². The second-order valence-corrected chi connectivity index (χ2v) is 6.39. The monoisotopic (exact) mass is 286 g/mol. The largest absolute Gasteiger partial charge is 0.364 e. The van der Waals surface area contributed by atoms with Gasteiger partial charge in [-0.3, -0.25) is 0 Å². The third-order valence-corrected chi connectivity index (χ3v) is 4.07. The lowest BCUT2D eigenvalue weighted by atomic mass is 9.97. The maximum Gasteiger partial charge on any atom is 0.0640 e. The van der Waals surface area contributed by atoms with Crippen LogP contribution in [0.2, 0.25) is 10.0 Å². The third-order valence-electron chi connectivity index (χ3n) is 3.51. The molecule has 2 rings (SSSR count). The van der Waals surface area contributed by atoms with Crippen molar-refractivity contribution in [1.29, 1.82) is 0 Å². The van der Waals surface area contributed by atoms with Gasteiger partial charge in [-0.05, 0) is 38.5 Å². The first-order valence-electron chi connectivity index (χ1n) is 6.39. The topological polar surface area (TPSA) is 15.3 Å². The zero-order chi connectivity index (χ0) is 13.3. The Morgan fingerprint density at radius 1 is 1.39 bits per heavy atom. The van der Waals surface area contributed by atoms with Gasteiger partial charge in [0, 0.05) is 29.7 Å². The van der Waals surface area contributed by atoms with Crippen molar-refractivity contribution in [1.82, 2.24) is 5.32 Å². The van der Waals surface area contributed by atoms with E-state index in [9.17, 15) is 0 Å². The fraction of sp³-hybridized carbons (Fsp3) is 0.571. The summed E-state index contributed by atoms with van der Waals surface area (Å²) >= 11 is 12.4. The van der Waals surface area contributed by atoms with E-state index in [2.05, 4.69) is 31.0 Å². The lowest BCUT2D eigenvalue weighted by Crippen LogP contribution is -2.61. The second-order valence-electron chi connectivity index (χ2n) is 5.55. The molecule has 1 saturated heterocycles. The quantitative estimate of drug-likeness (QED) is 0.885. The van der Waals surface area contributed by atoms with Crippen molar-refractivity contribution >= 4 is 28.9 Å². The van der Waals surface area contributed by atoms with Crippen molar-refractivity contribution in [2.24, 2.45) is 0 Å². The Bertz CT molecular complexity index is 432. The average molecular weight is 287 g/mol. The summed E-state index contributed by atoms with van der Waals surface area (Å²) in [4.78, 5) is 2.38. The number of halogens is 2. The van der Waals surface area contributed by atoms with Crippen LogP contribution in [0.15, 0.2) is 18.2 Å². The van der Waals surface area contributed by atoms with Crippen LogP contribution in [0.4, 0.5) is 5.69 Å². The molecule has 1 N–H and O–H groups in total. The van der Waals surface area contributed by atoms with E-state index in [-0.39, 0.29) is 5.54 Å². The van der Waals surface area contributed by atoms with Gasteiger partial charge in [-0.2, -0.15) is 0 Å². The van der Waals surface area contributed by atoms with Gasteiger partial charge in [-0.25, -0.2) is 0 Å². The Labute approximate surface area is 119 Å². The van der Waals surface area contributed by atoms with E-state index in [1.54, 1.807) is 0 Å². The van der Waals surface area contributed by atoms with E-state index in [1.165, 1.54) is 0 Å². The number of nitrogens with zero attached hydrogens (tertiary/aromatic N) is 1. The fourth-order valence-corrected chi connectivity index (χ4v) is 2.86. The van der Waals surface area contributed by atoms with Gasteiger partial charge >= 0.3 is 0 Å². The highest BCUT2D eigenvalue weighted by atomic mass is 35.5. The summed E-state index contributed by atoms with van der Waals surface area (Å²) in [7, 11) is 0. The summed E-state index contributed by atoms with van der Waals surface area (Å²) in [6.07, 6.45) is 1.09. The van der Waals surface area contributed by atoms with Crippen molar-refractivity contribution in [3.63, 3.8) is 0 Å². The lowest BCUT2D eigenvalue weighted by molar-refractivity contribution is 0.306. The molecule has 1 unspecified atom stereocenters. The van der Waals surface area contributed by atoms with Gasteiger partial charge < -0.3 is 10.2 Å². The number of anilines is 1. The summed E-state index contributed by atoms with van der Waals surface area (Å²) in [6, 6.07) is 6.14. The molecule has 4 heteroatoms. The Kier molecular flexibility index (Phi) is 4.10. The normalized spacial score (nSPS) is 23.2. The van der Waals surface area contributed by atoms with Crippen LogP contribution in [0, 0.1) is 0 Å². The maximum absolute atomic E-state index is 6.32. The van der Waals surface area contributed by atoms with Crippen LogP contribution in [0.25, 0.3) is 0 Å². The Morgan fingerprint density at radius 2 is 2.11 bits per heavy atom. The summed E-state index contributed by atoms with van der Waals surface area (Å²) < 4.78 is 0. The molecule has 1 aliphatic heterocycles. The molecular weight excluding hydrogens is 267 g/mol. The van der Waals surface area contributed by atoms with Crippen LogP contribution in [-0.4, -0.2) is 24.7 Å². The smallest absolute Gasteiger partial charge is 0.0640 e. The predicted octanol–water partition coefficient (Wildman–Crippen LogP) is 3.96. The first-order chi connectivity index (χ1) is 8.43. The fourth-order valence-electron chi connectivity index (χ4n) is 2.47. The number of hydrogen-bond donors (Lipinski definition) is 1. The molecule has 0 bridgehead atoms. The number of piperazine rings is 1. The minimum Gasteiger partial charge on any atom is -0.364 e. The summed E-state index contributed by atoms with van der Waals surface area (Å²) in [6.45, 7) is 8.54.